The Balaban J connectivity index is 1.84. The molecular formula is C23H22ClFO. The monoisotopic (exact) mass is 368 g/mol. The molecule has 0 radical (unpaired) electrons. The van der Waals surface area contributed by atoms with Crippen molar-refractivity contribution in [3.63, 3.8) is 0 Å². The van der Waals surface area contributed by atoms with Gasteiger partial charge in [0, 0.05) is 5.56 Å². The van der Waals surface area contributed by atoms with E-state index in [2.05, 4.69) is 31.2 Å². The maximum absolute atomic E-state index is 14.2. The van der Waals surface area contributed by atoms with Crippen LogP contribution in [0.4, 0.5) is 4.39 Å². The number of rotatable bonds is 6. The van der Waals surface area contributed by atoms with E-state index in [1.807, 2.05) is 24.3 Å². The van der Waals surface area contributed by atoms with Crippen LogP contribution in [-0.2, 0) is 6.42 Å². The van der Waals surface area contributed by atoms with Crippen molar-refractivity contribution >= 4 is 11.6 Å². The third-order valence-electron chi connectivity index (χ3n) is 4.57. The molecule has 0 fully saturated rings. The zero-order valence-corrected chi connectivity index (χ0v) is 15.8. The lowest BCUT2D eigenvalue weighted by molar-refractivity contribution is 0.387. The van der Waals surface area contributed by atoms with Crippen LogP contribution in [-0.4, -0.2) is 7.11 Å². The Morgan fingerprint density at radius 2 is 1.42 bits per heavy atom. The van der Waals surface area contributed by atoms with Crippen LogP contribution in [0.25, 0.3) is 22.3 Å². The molecule has 0 saturated carbocycles. The fourth-order valence-corrected chi connectivity index (χ4v) is 3.26. The molecule has 0 atom stereocenters. The highest BCUT2D eigenvalue weighted by atomic mass is 35.5. The number of aryl methyl sites for hydroxylation is 1. The second kappa shape index (κ2) is 8.37. The summed E-state index contributed by atoms with van der Waals surface area (Å²) in [4.78, 5) is 0. The Bertz CT molecular complexity index is 870. The smallest absolute Gasteiger partial charge is 0.184 e. The van der Waals surface area contributed by atoms with E-state index in [9.17, 15) is 4.39 Å². The maximum Gasteiger partial charge on any atom is 0.184 e. The lowest BCUT2D eigenvalue weighted by Gasteiger charge is -2.10. The highest BCUT2D eigenvalue weighted by Gasteiger charge is 2.13. The van der Waals surface area contributed by atoms with Gasteiger partial charge < -0.3 is 4.74 Å². The molecule has 0 saturated heterocycles. The van der Waals surface area contributed by atoms with Crippen molar-refractivity contribution in [3.05, 3.63) is 77.1 Å². The van der Waals surface area contributed by atoms with Gasteiger partial charge in [-0.3, -0.25) is 0 Å². The third-order valence-corrected chi connectivity index (χ3v) is 4.94. The highest BCUT2D eigenvalue weighted by molar-refractivity contribution is 6.33. The molecule has 0 aliphatic carbocycles. The van der Waals surface area contributed by atoms with Crippen LogP contribution in [0, 0.1) is 5.82 Å². The lowest BCUT2D eigenvalue weighted by Crippen LogP contribution is -1.91. The summed E-state index contributed by atoms with van der Waals surface area (Å²) in [6, 6.07) is 20.1. The van der Waals surface area contributed by atoms with Crippen LogP contribution in [0.5, 0.6) is 5.75 Å². The van der Waals surface area contributed by atoms with Crippen molar-refractivity contribution in [1.82, 2.24) is 0 Å². The molecule has 0 aromatic heterocycles. The van der Waals surface area contributed by atoms with Gasteiger partial charge in [-0.15, -0.1) is 0 Å². The minimum atomic E-state index is -0.529. The summed E-state index contributed by atoms with van der Waals surface area (Å²) in [5, 5.41) is 0.0809. The van der Waals surface area contributed by atoms with E-state index in [4.69, 9.17) is 16.3 Å². The molecule has 3 aromatic rings. The van der Waals surface area contributed by atoms with Gasteiger partial charge in [0.15, 0.2) is 11.6 Å². The summed E-state index contributed by atoms with van der Waals surface area (Å²) in [7, 11) is 1.43. The van der Waals surface area contributed by atoms with E-state index < -0.39 is 5.82 Å². The Kier molecular flexibility index (Phi) is 5.95. The Morgan fingerprint density at radius 3 is 2.00 bits per heavy atom. The van der Waals surface area contributed by atoms with Crippen molar-refractivity contribution < 1.29 is 9.13 Å². The average molecular weight is 369 g/mol. The van der Waals surface area contributed by atoms with Crippen LogP contribution < -0.4 is 4.74 Å². The maximum atomic E-state index is 14.2. The summed E-state index contributed by atoms with van der Waals surface area (Å²) >= 11 is 6.17. The van der Waals surface area contributed by atoms with E-state index in [1.54, 1.807) is 12.1 Å². The molecule has 3 aromatic carbocycles. The van der Waals surface area contributed by atoms with Crippen LogP contribution in [0.3, 0.4) is 0 Å². The number of ether oxygens (including phenoxy) is 1. The van der Waals surface area contributed by atoms with E-state index in [0.717, 1.165) is 17.5 Å². The molecule has 1 nitrogen and oxygen atoms in total. The highest BCUT2D eigenvalue weighted by Crippen LogP contribution is 2.35. The van der Waals surface area contributed by atoms with Crippen molar-refractivity contribution in [2.24, 2.45) is 0 Å². The van der Waals surface area contributed by atoms with E-state index in [-0.39, 0.29) is 10.8 Å². The lowest BCUT2D eigenvalue weighted by atomic mass is 9.98. The molecule has 0 N–H and O–H groups in total. The van der Waals surface area contributed by atoms with Crippen molar-refractivity contribution in [2.75, 3.05) is 7.11 Å². The molecule has 3 heteroatoms. The first kappa shape index (κ1) is 18.5. The fourth-order valence-electron chi connectivity index (χ4n) is 3.00. The van der Waals surface area contributed by atoms with Gasteiger partial charge in [-0.2, -0.15) is 0 Å². The largest absolute Gasteiger partial charge is 0.494 e. The molecule has 26 heavy (non-hydrogen) atoms. The fraction of sp³-hybridized carbons (Fsp3) is 0.217. The zero-order chi connectivity index (χ0) is 18.5. The number of methoxy groups -OCH3 is 1. The summed E-state index contributed by atoms with van der Waals surface area (Å²) in [5.74, 6) is -0.378. The Morgan fingerprint density at radius 1 is 0.846 bits per heavy atom. The summed E-state index contributed by atoms with van der Waals surface area (Å²) in [6.45, 7) is 2.21. The van der Waals surface area contributed by atoms with Gasteiger partial charge in [0.1, 0.15) is 0 Å². The van der Waals surface area contributed by atoms with Crippen LogP contribution in [0.15, 0.2) is 60.7 Å². The van der Waals surface area contributed by atoms with Gasteiger partial charge in [0.2, 0.25) is 0 Å². The molecule has 0 bridgehead atoms. The van der Waals surface area contributed by atoms with Gasteiger partial charge in [-0.1, -0.05) is 73.5 Å². The van der Waals surface area contributed by atoms with Gasteiger partial charge in [-0.25, -0.2) is 4.39 Å². The average Bonchev–Trinajstić information content (AvgIpc) is 2.69. The minimum absolute atomic E-state index is 0.0809. The molecule has 0 unspecified atom stereocenters. The van der Waals surface area contributed by atoms with Crippen molar-refractivity contribution in [2.45, 2.75) is 26.2 Å². The predicted molar refractivity (Wildman–Crippen MR) is 107 cm³/mol. The minimum Gasteiger partial charge on any atom is -0.494 e. The number of hydrogen-bond acceptors (Lipinski definition) is 1. The van der Waals surface area contributed by atoms with Crippen LogP contribution >= 0.6 is 11.6 Å². The summed E-state index contributed by atoms with van der Waals surface area (Å²) < 4.78 is 19.1. The molecule has 0 aliphatic heterocycles. The summed E-state index contributed by atoms with van der Waals surface area (Å²) in [5.41, 5.74) is 5.20. The van der Waals surface area contributed by atoms with E-state index in [0.29, 0.717) is 5.56 Å². The van der Waals surface area contributed by atoms with Gasteiger partial charge >= 0.3 is 0 Å². The molecule has 0 amide bonds. The molecule has 0 heterocycles. The van der Waals surface area contributed by atoms with Gasteiger partial charge in [0.25, 0.3) is 0 Å². The van der Waals surface area contributed by atoms with Crippen molar-refractivity contribution in [3.8, 4) is 28.0 Å². The van der Waals surface area contributed by atoms with Crippen molar-refractivity contribution in [1.29, 1.82) is 0 Å². The first-order valence-corrected chi connectivity index (χ1v) is 9.23. The van der Waals surface area contributed by atoms with Crippen LogP contribution in [0.1, 0.15) is 25.3 Å². The standard InChI is InChI=1S/C23H22ClFO/c1-3-4-5-16-6-8-17(9-7-16)18-10-12-19(13-11-18)20-14-15-21(26-2)23(25)22(20)24/h6-15H,3-5H2,1-2H3. The topological polar surface area (TPSA) is 9.23 Å². The quantitative estimate of drug-likeness (QED) is 0.448. The number of halogens is 2. The SMILES string of the molecule is CCCCc1ccc(-c2ccc(-c3ccc(OC)c(F)c3Cl)cc2)cc1. The predicted octanol–water partition coefficient (Wildman–Crippen LogP) is 7.16. The van der Waals surface area contributed by atoms with Gasteiger partial charge in [0.05, 0.1) is 12.1 Å². The first-order valence-electron chi connectivity index (χ1n) is 8.85. The van der Waals surface area contributed by atoms with E-state index in [1.165, 1.54) is 31.1 Å². The first-order chi connectivity index (χ1) is 12.6. The Labute approximate surface area is 159 Å². The molecule has 0 aliphatic rings. The third kappa shape index (κ3) is 3.91. The molecule has 134 valence electrons. The zero-order valence-electron chi connectivity index (χ0n) is 15.1. The van der Waals surface area contributed by atoms with Crippen LogP contribution in [0.2, 0.25) is 5.02 Å². The number of unbranched alkanes of at least 4 members (excludes halogenated alkanes) is 1. The molecule has 3 rings (SSSR count). The summed E-state index contributed by atoms with van der Waals surface area (Å²) in [6.07, 6.45) is 3.54. The molecular weight excluding hydrogens is 347 g/mol. The normalized spacial score (nSPS) is 10.8. The van der Waals surface area contributed by atoms with Gasteiger partial charge in [-0.05, 0) is 47.2 Å². The number of benzene rings is 3. The number of hydrogen-bond donors (Lipinski definition) is 0. The second-order valence-electron chi connectivity index (χ2n) is 6.32. The van der Waals surface area contributed by atoms with E-state index >= 15 is 0 Å². The Hall–Kier alpha value is -2.32. The molecule has 0 spiro atoms. The second-order valence-corrected chi connectivity index (χ2v) is 6.70.